The van der Waals surface area contributed by atoms with Gasteiger partial charge in [-0.05, 0) is 36.4 Å². The smallest absolute Gasteiger partial charge is 0.253 e. The monoisotopic (exact) mass is 415 g/mol. The molecule has 0 saturated carbocycles. The van der Waals surface area contributed by atoms with Gasteiger partial charge in [0.2, 0.25) is 0 Å². The number of benzene rings is 2. The number of ether oxygens (including phenoxy) is 3. The quantitative estimate of drug-likeness (QED) is 0.496. The molecule has 1 fully saturated rings. The molecule has 1 unspecified atom stereocenters. The van der Waals surface area contributed by atoms with Crippen molar-refractivity contribution < 1.29 is 19.0 Å². The fourth-order valence-electron chi connectivity index (χ4n) is 3.87. The van der Waals surface area contributed by atoms with Gasteiger partial charge in [0.15, 0.2) is 0 Å². The molecule has 156 valence electrons. The van der Waals surface area contributed by atoms with Crippen LogP contribution >= 0.6 is 0 Å². The molecule has 1 atom stereocenters. The Bertz CT molecular complexity index is 1250. The van der Waals surface area contributed by atoms with Crippen LogP contribution < -0.4 is 14.4 Å². The highest BCUT2D eigenvalue weighted by molar-refractivity contribution is 6.05. The summed E-state index contributed by atoms with van der Waals surface area (Å²) in [4.78, 5) is 23.3. The van der Waals surface area contributed by atoms with Crippen LogP contribution in [0.4, 0.5) is 5.69 Å². The number of amides is 1. The molecule has 0 spiro atoms. The summed E-state index contributed by atoms with van der Waals surface area (Å²) in [6, 6.07) is 17.2. The van der Waals surface area contributed by atoms with Crippen molar-refractivity contribution in [3.05, 3.63) is 67.0 Å². The number of fused-ring (bicyclic) bond motifs is 2. The maximum absolute atomic E-state index is 12.7. The third-order valence-electron chi connectivity index (χ3n) is 5.37. The lowest BCUT2D eigenvalue weighted by molar-refractivity contribution is -0.130. The first-order chi connectivity index (χ1) is 15.2. The van der Waals surface area contributed by atoms with Crippen molar-refractivity contribution in [2.45, 2.75) is 6.10 Å². The first-order valence-electron chi connectivity index (χ1n) is 10.0. The van der Waals surface area contributed by atoms with E-state index in [-0.39, 0.29) is 18.6 Å². The van der Waals surface area contributed by atoms with E-state index in [1.807, 2.05) is 54.6 Å². The molecule has 0 radical (unpaired) electrons. The average Bonchev–Trinajstić information content (AvgIpc) is 2.83. The number of anilines is 1. The Labute approximate surface area is 179 Å². The van der Waals surface area contributed by atoms with Crippen molar-refractivity contribution in [3.63, 3.8) is 0 Å². The van der Waals surface area contributed by atoms with Crippen molar-refractivity contribution in [3.8, 4) is 11.5 Å². The van der Waals surface area contributed by atoms with E-state index in [1.165, 1.54) is 0 Å². The van der Waals surface area contributed by atoms with Crippen molar-refractivity contribution in [2.75, 3.05) is 31.8 Å². The minimum atomic E-state index is -0.273. The van der Waals surface area contributed by atoms with Crippen molar-refractivity contribution in [1.29, 1.82) is 0 Å². The van der Waals surface area contributed by atoms with Crippen LogP contribution in [-0.4, -0.2) is 48.8 Å². The highest BCUT2D eigenvalue weighted by atomic mass is 16.5. The Morgan fingerprint density at radius 3 is 2.68 bits per heavy atom. The van der Waals surface area contributed by atoms with Crippen molar-refractivity contribution in [1.82, 2.24) is 9.97 Å². The highest BCUT2D eigenvalue weighted by Gasteiger charge is 2.29. The average molecular weight is 415 g/mol. The summed E-state index contributed by atoms with van der Waals surface area (Å²) in [5, 5.41) is 1.87. The minimum absolute atomic E-state index is 0.00437. The van der Waals surface area contributed by atoms with E-state index in [9.17, 15) is 4.79 Å². The number of rotatable bonds is 5. The number of hydrogen-bond donors (Lipinski definition) is 0. The minimum Gasteiger partial charge on any atom is -0.494 e. The first kappa shape index (κ1) is 19.3. The second-order valence-electron chi connectivity index (χ2n) is 7.27. The van der Waals surface area contributed by atoms with E-state index < -0.39 is 0 Å². The summed E-state index contributed by atoms with van der Waals surface area (Å²) in [5.41, 5.74) is 2.31. The second-order valence-corrected chi connectivity index (χ2v) is 7.27. The number of carbonyl (C=O) groups excluding carboxylic acids is 1. The first-order valence-corrected chi connectivity index (χ1v) is 10.0. The molecule has 0 aliphatic carbocycles. The van der Waals surface area contributed by atoms with Crippen LogP contribution in [0.5, 0.6) is 11.5 Å². The zero-order valence-corrected chi connectivity index (χ0v) is 17.0. The van der Waals surface area contributed by atoms with Gasteiger partial charge in [0, 0.05) is 23.2 Å². The summed E-state index contributed by atoms with van der Waals surface area (Å²) in [6.07, 6.45) is 3.19. The van der Waals surface area contributed by atoms with Crippen LogP contribution in [-0.2, 0) is 9.53 Å². The van der Waals surface area contributed by atoms with Gasteiger partial charge >= 0.3 is 0 Å². The van der Waals surface area contributed by atoms with Gasteiger partial charge in [-0.2, -0.15) is 0 Å². The van der Waals surface area contributed by atoms with Gasteiger partial charge in [-0.25, -0.2) is 0 Å². The zero-order valence-electron chi connectivity index (χ0n) is 17.0. The molecular weight excluding hydrogens is 394 g/mol. The second kappa shape index (κ2) is 8.20. The molecule has 7 nitrogen and oxygen atoms in total. The van der Waals surface area contributed by atoms with Crippen LogP contribution in [0.15, 0.2) is 67.0 Å². The fourth-order valence-corrected chi connectivity index (χ4v) is 3.87. The molecule has 5 rings (SSSR count). The maximum Gasteiger partial charge on any atom is 0.253 e. The molecule has 31 heavy (non-hydrogen) atoms. The lowest BCUT2D eigenvalue weighted by Crippen LogP contribution is -2.48. The number of carbonyl (C=O) groups is 1. The SMILES string of the molecule is COc1ccc(N2CC(COc3cccc4cccnc34)OCC2=O)c2cccnc12. The molecule has 0 bridgehead atoms. The van der Waals surface area contributed by atoms with E-state index in [4.69, 9.17) is 14.2 Å². The van der Waals surface area contributed by atoms with Crippen LogP contribution in [0.25, 0.3) is 21.8 Å². The highest BCUT2D eigenvalue weighted by Crippen LogP contribution is 2.33. The Kier molecular flexibility index (Phi) is 5.09. The standard InChI is InChI=1S/C24H21N3O4/c1-29-20-10-9-19(18-7-4-12-26-24(18)20)27-13-17(30-15-22(27)28)14-31-21-8-2-5-16-6-3-11-25-23(16)21/h2-12,17H,13-15H2,1H3. The Balaban J connectivity index is 1.39. The summed E-state index contributed by atoms with van der Waals surface area (Å²) >= 11 is 0. The van der Waals surface area contributed by atoms with E-state index in [1.54, 1.807) is 24.4 Å². The van der Waals surface area contributed by atoms with Crippen LogP contribution in [0.2, 0.25) is 0 Å². The normalized spacial score (nSPS) is 16.6. The van der Waals surface area contributed by atoms with Gasteiger partial charge in [0.05, 0.1) is 19.3 Å². The lowest BCUT2D eigenvalue weighted by atomic mass is 10.1. The third kappa shape index (κ3) is 3.64. The molecule has 1 amide bonds. The molecule has 1 aliphatic heterocycles. The van der Waals surface area contributed by atoms with Gasteiger partial charge in [-0.15, -0.1) is 0 Å². The van der Waals surface area contributed by atoms with Gasteiger partial charge < -0.3 is 19.1 Å². The van der Waals surface area contributed by atoms with Gasteiger partial charge in [-0.1, -0.05) is 18.2 Å². The Hall–Kier alpha value is -3.71. The number of pyridine rings is 2. The number of methoxy groups -OCH3 is 1. The summed E-state index contributed by atoms with van der Waals surface area (Å²) in [6.45, 7) is 0.689. The van der Waals surface area contributed by atoms with Gasteiger partial charge in [-0.3, -0.25) is 14.8 Å². The predicted molar refractivity (Wildman–Crippen MR) is 118 cm³/mol. The van der Waals surface area contributed by atoms with Crippen molar-refractivity contribution in [2.24, 2.45) is 0 Å². The largest absolute Gasteiger partial charge is 0.494 e. The summed E-state index contributed by atoms with van der Waals surface area (Å²) in [5.74, 6) is 1.27. The predicted octanol–water partition coefficient (Wildman–Crippen LogP) is 3.60. The Morgan fingerprint density at radius 2 is 1.81 bits per heavy atom. The van der Waals surface area contributed by atoms with E-state index in [0.717, 1.165) is 27.5 Å². The molecular formula is C24H21N3O4. The van der Waals surface area contributed by atoms with Crippen LogP contribution in [0.1, 0.15) is 0 Å². The zero-order chi connectivity index (χ0) is 21.2. The number of nitrogens with zero attached hydrogens (tertiary/aromatic N) is 3. The van der Waals surface area contributed by atoms with Crippen LogP contribution in [0.3, 0.4) is 0 Å². The van der Waals surface area contributed by atoms with Crippen molar-refractivity contribution >= 4 is 33.4 Å². The third-order valence-corrected chi connectivity index (χ3v) is 5.37. The Morgan fingerprint density at radius 1 is 1.00 bits per heavy atom. The molecule has 4 aromatic rings. The van der Waals surface area contributed by atoms with E-state index >= 15 is 0 Å². The fraction of sp³-hybridized carbons (Fsp3) is 0.208. The van der Waals surface area contributed by atoms with E-state index in [0.29, 0.717) is 24.7 Å². The summed E-state index contributed by atoms with van der Waals surface area (Å²) < 4.78 is 17.2. The van der Waals surface area contributed by atoms with Crippen LogP contribution in [0, 0.1) is 0 Å². The molecule has 1 aliphatic rings. The molecule has 7 heteroatoms. The molecule has 2 aromatic heterocycles. The van der Waals surface area contributed by atoms with Gasteiger partial charge in [0.1, 0.15) is 41.9 Å². The number of hydrogen-bond acceptors (Lipinski definition) is 6. The topological polar surface area (TPSA) is 73.8 Å². The number of morpholine rings is 1. The number of aromatic nitrogens is 2. The lowest BCUT2D eigenvalue weighted by Gasteiger charge is -2.33. The molecule has 0 N–H and O–H groups in total. The van der Waals surface area contributed by atoms with E-state index in [2.05, 4.69) is 9.97 Å². The molecule has 3 heterocycles. The molecule has 2 aromatic carbocycles. The maximum atomic E-state index is 12.7. The molecule has 1 saturated heterocycles. The summed E-state index contributed by atoms with van der Waals surface area (Å²) in [7, 11) is 1.61. The van der Waals surface area contributed by atoms with Gasteiger partial charge in [0.25, 0.3) is 5.91 Å². The number of para-hydroxylation sites is 1.